The zero-order valence-electron chi connectivity index (χ0n) is 11.6. The highest BCUT2D eigenvalue weighted by Gasteiger charge is 2.13. The Morgan fingerprint density at radius 3 is 1.76 bits per heavy atom. The van der Waals surface area contributed by atoms with Crippen LogP contribution in [-0.2, 0) is 0 Å². The van der Waals surface area contributed by atoms with Gasteiger partial charge in [-0.25, -0.2) is 0 Å². The molecule has 3 rings (SSSR count). The zero-order chi connectivity index (χ0) is 14.5. The number of hydrogen-bond acceptors (Lipinski definition) is 2. The highest BCUT2D eigenvalue weighted by atomic mass is 16.3. The maximum absolute atomic E-state index is 9.48. The van der Waals surface area contributed by atoms with Crippen LogP contribution in [0.3, 0.4) is 0 Å². The van der Waals surface area contributed by atoms with E-state index in [4.69, 9.17) is 0 Å². The normalized spacial score (nSPS) is 11.8. The molecule has 0 spiro atoms. The van der Waals surface area contributed by atoms with E-state index in [0.29, 0.717) is 0 Å². The SMILES string of the molecule is Oc1ccc(C(Nc2ccccc2)c2ccccc2)cc1. The molecule has 0 aliphatic rings. The van der Waals surface area contributed by atoms with Gasteiger partial charge in [0.1, 0.15) is 5.75 Å². The molecule has 0 aliphatic heterocycles. The summed E-state index contributed by atoms with van der Waals surface area (Å²) in [5.74, 6) is 0.283. The van der Waals surface area contributed by atoms with Crippen molar-refractivity contribution in [3.63, 3.8) is 0 Å². The summed E-state index contributed by atoms with van der Waals surface area (Å²) in [4.78, 5) is 0. The first-order valence-electron chi connectivity index (χ1n) is 6.98. The Kier molecular flexibility index (Phi) is 3.88. The van der Waals surface area contributed by atoms with Gasteiger partial charge >= 0.3 is 0 Å². The predicted octanol–water partition coefficient (Wildman–Crippen LogP) is 4.59. The average Bonchev–Trinajstić information content (AvgIpc) is 2.55. The maximum atomic E-state index is 9.48. The lowest BCUT2D eigenvalue weighted by Gasteiger charge is -2.21. The summed E-state index contributed by atoms with van der Waals surface area (Å²) < 4.78 is 0. The van der Waals surface area contributed by atoms with Gasteiger partial charge in [0.15, 0.2) is 0 Å². The summed E-state index contributed by atoms with van der Waals surface area (Å²) in [5.41, 5.74) is 3.37. The van der Waals surface area contributed by atoms with E-state index < -0.39 is 0 Å². The van der Waals surface area contributed by atoms with Crippen molar-refractivity contribution in [3.05, 3.63) is 96.1 Å². The van der Waals surface area contributed by atoms with Crippen LogP contribution in [0.1, 0.15) is 17.2 Å². The quantitative estimate of drug-likeness (QED) is 0.729. The Morgan fingerprint density at radius 2 is 1.14 bits per heavy atom. The molecule has 104 valence electrons. The Balaban J connectivity index is 1.97. The second-order valence-corrected chi connectivity index (χ2v) is 4.95. The second-order valence-electron chi connectivity index (χ2n) is 4.95. The fourth-order valence-electron chi connectivity index (χ4n) is 2.37. The molecule has 3 aromatic rings. The first kappa shape index (κ1) is 13.3. The van der Waals surface area contributed by atoms with E-state index >= 15 is 0 Å². The number of phenols is 1. The topological polar surface area (TPSA) is 32.3 Å². The molecule has 1 atom stereocenters. The van der Waals surface area contributed by atoms with Crippen molar-refractivity contribution in [2.45, 2.75) is 6.04 Å². The number of rotatable bonds is 4. The van der Waals surface area contributed by atoms with Crippen molar-refractivity contribution < 1.29 is 5.11 Å². The number of anilines is 1. The molecule has 21 heavy (non-hydrogen) atoms. The lowest BCUT2D eigenvalue weighted by Crippen LogP contribution is -2.12. The van der Waals surface area contributed by atoms with E-state index in [2.05, 4.69) is 29.6 Å². The second kappa shape index (κ2) is 6.14. The molecule has 0 radical (unpaired) electrons. The number of nitrogens with one attached hydrogen (secondary N) is 1. The molecule has 0 aliphatic carbocycles. The molecule has 2 heteroatoms. The number of para-hydroxylation sites is 1. The standard InChI is InChI=1S/C19H17NO/c21-18-13-11-16(12-14-18)19(15-7-3-1-4-8-15)20-17-9-5-2-6-10-17/h1-14,19-21H. The highest BCUT2D eigenvalue weighted by Crippen LogP contribution is 2.27. The van der Waals surface area contributed by atoms with E-state index in [1.165, 1.54) is 5.56 Å². The van der Waals surface area contributed by atoms with Crippen LogP contribution >= 0.6 is 0 Å². The van der Waals surface area contributed by atoms with Gasteiger partial charge in [-0.3, -0.25) is 0 Å². The van der Waals surface area contributed by atoms with E-state index in [1.807, 2.05) is 48.5 Å². The molecule has 0 bridgehead atoms. The smallest absolute Gasteiger partial charge is 0.115 e. The Hall–Kier alpha value is -2.74. The minimum Gasteiger partial charge on any atom is -0.508 e. The summed E-state index contributed by atoms with van der Waals surface area (Å²) in [6.07, 6.45) is 0. The lowest BCUT2D eigenvalue weighted by molar-refractivity contribution is 0.475. The summed E-state index contributed by atoms with van der Waals surface area (Å²) in [7, 11) is 0. The molecule has 3 aromatic carbocycles. The van der Waals surface area contributed by atoms with Crippen LogP contribution in [-0.4, -0.2) is 5.11 Å². The van der Waals surface area contributed by atoms with Crippen LogP contribution in [0.5, 0.6) is 5.75 Å². The number of phenolic OH excluding ortho intramolecular Hbond substituents is 1. The van der Waals surface area contributed by atoms with Gasteiger partial charge in [0.25, 0.3) is 0 Å². The van der Waals surface area contributed by atoms with Crippen LogP contribution in [0.15, 0.2) is 84.9 Å². The molecule has 0 saturated heterocycles. The molecular weight excluding hydrogens is 258 g/mol. The van der Waals surface area contributed by atoms with E-state index in [0.717, 1.165) is 11.3 Å². The predicted molar refractivity (Wildman–Crippen MR) is 86.5 cm³/mol. The van der Waals surface area contributed by atoms with Crippen LogP contribution in [0.4, 0.5) is 5.69 Å². The molecule has 0 amide bonds. The molecule has 0 aromatic heterocycles. The van der Waals surface area contributed by atoms with Crippen molar-refractivity contribution in [3.8, 4) is 5.75 Å². The van der Waals surface area contributed by atoms with Crippen molar-refractivity contribution >= 4 is 5.69 Å². The molecule has 0 heterocycles. The molecule has 0 saturated carbocycles. The van der Waals surface area contributed by atoms with Crippen LogP contribution in [0.2, 0.25) is 0 Å². The summed E-state index contributed by atoms with van der Waals surface area (Å²) in [5, 5.41) is 13.0. The number of aromatic hydroxyl groups is 1. The first-order chi connectivity index (χ1) is 10.3. The molecule has 2 nitrogen and oxygen atoms in total. The minimum absolute atomic E-state index is 0.0502. The van der Waals surface area contributed by atoms with Crippen molar-refractivity contribution in [2.24, 2.45) is 0 Å². The van der Waals surface area contributed by atoms with Gasteiger partial charge in [-0.1, -0.05) is 60.7 Å². The summed E-state index contributed by atoms with van der Waals surface area (Å²) >= 11 is 0. The zero-order valence-corrected chi connectivity index (χ0v) is 11.6. The third kappa shape index (κ3) is 3.23. The van der Waals surface area contributed by atoms with Gasteiger partial charge in [-0.05, 0) is 35.4 Å². The molecule has 2 N–H and O–H groups in total. The third-order valence-corrected chi connectivity index (χ3v) is 3.44. The monoisotopic (exact) mass is 275 g/mol. The van der Waals surface area contributed by atoms with E-state index in [-0.39, 0.29) is 11.8 Å². The molecule has 1 unspecified atom stereocenters. The highest BCUT2D eigenvalue weighted by molar-refractivity contribution is 5.49. The van der Waals surface area contributed by atoms with Crippen molar-refractivity contribution in [1.82, 2.24) is 0 Å². The third-order valence-electron chi connectivity index (χ3n) is 3.44. The minimum atomic E-state index is 0.0502. The maximum Gasteiger partial charge on any atom is 0.115 e. The van der Waals surface area contributed by atoms with Crippen LogP contribution < -0.4 is 5.32 Å². The summed E-state index contributed by atoms with van der Waals surface area (Å²) in [6, 6.07) is 27.8. The van der Waals surface area contributed by atoms with Crippen LogP contribution in [0.25, 0.3) is 0 Å². The Labute approximate surface area is 124 Å². The first-order valence-corrected chi connectivity index (χ1v) is 6.98. The average molecular weight is 275 g/mol. The fourth-order valence-corrected chi connectivity index (χ4v) is 2.37. The summed E-state index contributed by atoms with van der Waals surface area (Å²) in [6.45, 7) is 0. The van der Waals surface area contributed by atoms with Gasteiger partial charge < -0.3 is 10.4 Å². The van der Waals surface area contributed by atoms with Gasteiger partial charge in [0, 0.05) is 5.69 Å². The lowest BCUT2D eigenvalue weighted by atomic mass is 9.98. The molecular formula is C19H17NO. The van der Waals surface area contributed by atoms with Crippen molar-refractivity contribution in [2.75, 3.05) is 5.32 Å². The van der Waals surface area contributed by atoms with E-state index in [9.17, 15) is 5.11 Å². The number of benzene rings is 3. The van der Waals surface area contributed by atoms with Gasteiger partial charge in [-0.15, -0.1) is 0 Å². The molecule has 0 fully saturated rings. The number of hydrogen-bond donors (Lipinski definition) is 2. The Morgan fingerprint density at radius 1 is 0.619 bits per heavy atom. The largest absolute Gasteiger partial charge is 0.508 e. The van der Waals surface area contributed by atoms with Crippen molar-refractivity contribution in [1.29, 1.82) is 0 Å². The van der Waals surface area contributed by atoms with E-state index in [1.54, 1.807) is 12.1 Å². The fraction of sp³-hybridized carbons (Fsp3) is 0.0526. The van der Waals surface area contributed by atoms with Gasteiger partial charge in [-0.2, -0.15) is 0 Å². The Bertz CT molecular complexity index is 678. The van der Waals surface area contributed by atoms with Gasteiger partial charge in [0.05, 0.1) is 6.04 Å². The van der Waals surface area contributed by atoms with Crippen LogP contribution in [0, 0.1) is 0 Å². The van der Waals surface area contributed by atoms with Gasteiger partial charge in [0.2, 0.25) is 0 Å².